The summed E-state index contributed by atoms with van der Waals surface area (Å²) in [7, 11) is 0. The Balaban J connectivity index is 0.986. The molecule has 0 unspecified atom stereocenters. The molecule has 12 rings (SSSR count). The molecule has 12 aromatic rings. The Bertz CT molecular complexity index is 3730. The Hall–Kier alpha value is -9.04. The summed E-state index contributed by atoms with van der Waals surface area (Å²) in [6, 6.07) is 104. The standard InChI is InChI=1S/C68H47N/c1-4-19-48(20-5-1)59-31-10-12-33-65(59)66-34-13-11-32-60(66)51-39-43-56(44-40-51)69(57-45-41-52(42-46-57)63-37-17-26-53-25-15-35-61(67(53)63)49-21-6-2-7-22-49)58-30-14-29-55(47-58)64-38-18-28-54-27-16-36-62(68(54)64)50-23-8-3-9-24-50/h1-47H. The van der Waals surface area contributed by atoms with E-state index in [1.165, 1.54) is 88.3 Å². The van der Waals surface area contributed by atoms with Crippen LogP contribution in [0.5, 0.6) is 0 Å². The van der Waals surface area contributed by atoms with Crippen LogP contribution >= 0.6 is 0 Å². The molecular weight excluding hydrogens is 831 g/mol. The van der Waals surface area contributed by atoms with Gasteiger partial charge >= 0.3 is 0 Å². The van der Waals surface area contributed by atoms with Crippen LogP contribution in [-0.4, -0.2) is 0 Å². The summed E-state index contributed by atoms with van der Waals surface area (Å²) in [5.41, 5.74) is 20.1. The molecule has 0 amide bonds. The lowest BCUT2D eigenvalue weighted by atomic mass is 9.89. The molecule has 69 heavy (non-hydrogen) atoms. The number of nitrogens with zero attached hydrogens (tertiary/aromatic N) is 1. The minimum atomic E-state index is 1.07. The van der Waals surface area contributed by atoms with E-state index in [2.05, 4.69) is 290 Å². The lowest BCUT2D eigenvalue weighted by molar-refractivity contribution is 1.28. The average Bonchev–Trinajstić information content (AvgIpc) is 3.43. The van der Waals surface area contributed by atoms with Gasteiger partial charge in [-0.2, -0.15) is 0 Å². The highest BCUT2D eigenvalue weighted by Crippen LogP contribution is 2.44. The Morgan fingerprint density at radius 1 is 0.174 bits per heavy atom. The van der Waals surface area contributed by atoms with E-state index in [1.54, 1.807) is 0 Å². The van der Waals surface area contributed by atoms with E-state index in [9.17, 15) is 0 Å². The second-order valence-corrected chi connectivity index (χ2v) is 17.6. The maximum absolute atomic E-state index is 2.40. The molecule has 0 fully saturated rings. The van der Waals surface area contributed by atoms with E-state index in [0.717, 1.165) is 28.2 Å². The van der Waals surface area contributed by atoms with E-state index in [-0.39, 0.29) is 0 Å². The van der Waals surface area contributed by atoms with Gasteiger partial charge in [0.1, 0.15) is 0 Å². The largest absolute Gasteiger partial charge is 0.310 e. The zero-order valence-electron chi connectivity index (χ0n) is 38.1. The monoisotopic (exact) mass is 877 g/mol. The fourth-order valence-electron chi connectivity index (χ4n) is 10.3. The first-order valence-corrected chi connectivity index (χ1v) is 23.7. The van der Waals surface area contributed by atoms with Gasteiger partial charge in [-0.25, -0.2) is 0 Å². The first-order chi connectivity index (χ1) is 34.2. The molecule has 0 aromatic heterocycles. The van der Waals surface area contributed by atoms with Gasteiger partial charge in [-0.15, -0.1) is 0 Å². The van der Waals surface area contributed by atoms with Gasteiger partial charge in [-0.1, -0.05) is 249 Å². The summed E-state index contributed by atoms with van der Waals surface area (Å²) in [6.45, 7) is 0. The van der Waals surface area contributed by atoms with Crippen molar-refractivity contribution in [1.29, 1.82) is 0 Å². The van der Waals surface area contributed by atoms with Gasteiger partial charge in [0.2, 0.25) is 0 Å². The minimum absolute atomic E-state index is 1.07. The lowest BCUT2D eigenvalue weighted by Crippen LogP contribution is -2.10. The number of anilines is 3. The van der Waals surface area contributed by atoms with Gasteiger partial charge in [0.05, 0.1) is 0 Å². The van der Waals surface area contributed by atoms with Gasteiger partial charge in [0.15, 0.2) is 0 Å². The Morgan fingerprint density at radius 3 is 0.884 bits per heavy atom. The van der Waals surface area contributed by atoms with E-state index >= 15 is 0 Å². The van der Waals surface area contributed by atoms with Crippen molar-refractivity contribution in [2.45, 2.75) is 0 Å². The first-order valence-electron chi connectivity index (χ1n) is 23.7. The molecule has 1 heteroatoms. The Labute approximate surface area is 404 Å². The van der Waals surface area contributed by atoms with Crippen LogP contribution in [0.15, 0.2) is 285 Å². The number of rotatable bonds is 10. The van der Waals surface area contributed by atoms with E-state index in [4.69, 9.17) is 0 Å². The molecule has 0 bridgehead atoms. The van der Waals surface area contributed by atoms with Gasteiger partial charge in [0, 0.05) is 17.1 Å². The van der Waals surface area contributed by atoms with Crippen LogP contribution in [0.1, 0.15) is 0 Å². The summed E-state index contributed by atoms with van der Waals surface area (Å²) in [5.74, 6) is 0. The molecule has 324 valence electrons. The molecule has 0 N–H and O–H groups in total. The SMILES string of the molecule is c1ccc(-c2ccccc2-c2ccccc2-c2ccc(N(c3ccc(-c4cccc5cccc(-c6ccccc6)c45)cc3)c3cccc(-c4cccc5cccc(-c6ccccc6)c45)c3)cc2)cc1. The molecular formula is C68H47N. The molecule has 0 radical (unpaired) electrons. The third kappa shape index (κ3) is 7.97. The maximum Gasteiger partial charge on any atom is 0.0467 e. The molecule has 0 aliphatic heterocycles. The molecule has 0 aliphatic carbocycles. The molecule has 0 heterocycles. The van der Waals surface area contributed by atoms with Gasteiger partial charge < -0.3 is 4.90 Å². The number of hydrogen-bond donors (Lipinski definition) is 0. The number of hydrogen-bond acceptors (Lipinski definition) is 1. The summed E-state index contributed by atoms with van der Waals surface area (Å²) in [4.78, 5) is 2.40. The summed E-state index contributed by atoms with van der Waals surface area (Å²) < 4.78 is 0. The van der Waals surface area contributed by atoms with Gasteiger partial charge in [0.25, 0.3) is 0 Å². The second-order valence-electron chi connectivity index (χ2n) is 17.6. The Morgan fingerprint density at radius 2 is 0.464 bits per heavy atom. The molecule has 0 atom stereocenters. The third-order valence-electron chi connectivity index (χ3n) is 13.5. The van der Waals surface area contributed by atoms with Crippen LogP contribution < -0.4 is 4.90 Å². The van der Waals surface area contributed by atoms with Crippen molar-refractivity contribution in [1.82, 2.24) is 0 Å². The quantitative estimate of drug-likeness (QED) is 0.132. The lowest BCUT2D eigenvalue weighted by Gasteiger charge is -2.27. The van der Waals surface area contributed by atoms with Crippen LogP contribution in [0.2, 0.25) is 0 Å². The highest BCUT2D eigenvalue weighted by molar-refractivity contribution is 6.08. The molecule has 0 saturated carbocycles. The highest BCUT2D eigenvalue weighted by Gasteiger charge is 2.19. The van der Waals surface area contributed by atoms with Crippen molar-refractivity contribution in [3.8, 4) is 77.9 Å². The van der Waals surface area contributed by atoms with Crippen LogP contribution in [-0.2, 0) is 0 Å². The summed E-state index contributed by atoms with van der Waals surface area (Å²) in [5, 5.41) is 4.96. The van der Waals surface area contributed by atoms with Crippen LogP contribution in [0, 0.1) is 0 Å². The maximum atomic E-state index is 2.40. The van der Waals surface area contributed by atoms with Crippen molar-refractivity contribution in [3.63, 3.8) is 0 Å². The second kappa shape index (κ2) is 18.3. The molecule has 12 aromatic carbocycles. The molecule has 0 saturated heterocycles. The zero-order valence-corrected chi connectivity index (χ0v) is 38.1. The Kier molecular flexibility index (Phi) is 11.0. The minimum Gasteiger partial charge on any atom is -0.310 e. The van der Waals surface area contributed by atoms with Crippen molar-refractivity contribution in [3.05, 3.63) is 285 Å². The smallest absolute Gasteiger partial charge is 0.0467 e. The van der Waals surface area contributed by atoms with Crippen LogP contribution in [0.4, 0.5) is 17.1 Å². The number of benzene rings is 12. The average molecular weight is 878 g/mol. The normalized spacial score (nSPS) is 11.2. The van der Waals surface area contributed by atoms with Gasteiger partial charge in [-0.05, 0) is 136 Å². The van der Waals surface area contributed by atoms with Crippen molar-refractivity contribution >= 4 is 38.6 Å². The third-order valence-corrected chi connectivity index (χ3v) is 13.5. The predicted octanol–water partition coefficient (Wildman–Crippen LogP) is 19.1. The van der Waals surface area contributed by atoms with E-state index < -0.39 is 0 Å². The van der Waals surface area contributed by atoms with Crippen LogP contribution in [0.25, 0.3) is 99.4 Å². The highest BCUT2D eigenvalue weighted by atomic mass is 15.1. The zero-order chi connectivity index (χ0) is 45.9. The molecule has 0 spiro atoms. The van der Waals surface area contributed by atoms with Crippen LogP contribution in [0.3, 0.4) is 0 Å². The van der Waals surface area contributed by atoms with E-state index in [1.807, 2.05) is 0 Å². The van der Waals surface area contributed by atoms with Crippen molar-refractivity contribution in [2.75, 3.05) is 4.90 Å². The summed E-state index contributed by atoms with van der Waals surface area (Å²) in [6.07, 6.45) is 0. The first kappa shape index (κ1) is 41.4. The fourth-order valence-corrected chi connectivity index (χ4v) is 10.3. The van der Waals surface area contributed by atoms with Crippen molar-refractivity contribution < 1.29 is 0 Å². The number of fused-ring (bicyclic) bond motifs is 2. The van der Waals surface area contributed by atoms with Gasteiger partial charge in [-0.3, -0.25) is 0 Å². The van der Waals surface area contributed by atoms with Crippen molar-refractivity contribution in [2.24, 2.45) is 0 Å². The summed E-state index contributed by atoms with van der Waals surface area (Å²) >= 11 is 0. The topological polar surface area (TPSA) is 3.24 Å². The molecule has 1 nitrogen and oxygen atoms in total. The fraction of sp³-hybridized carbons (Fsp3) is 0. The van der Waals surface area contributed by atoms with E-state index in [0.29, 0.717) is 0 Å². The predicted molar refractivity (Wildman–Crippen MR) is 294 cm³/mol. The molecule has 0 aliphatic rings.